The highest BCUT2D eigenvalue weighted by Crippen LogP contribution is 2.23. The highest BCUT2D eigenvalue weighted by molar-refractivity contribution is 7.99. The summed E-state index contributed by atoms with van der Waals surface area (Å²) in [7, 11) is 0. The second kappa shape index (κ2) is 8.71. The van der Waals surface area contributed by atoms with Crippen LogP contribution in [0.4, 0.5) is 0 Å². The van der Waals surface area contributed by atoms with E-state index < -0.39 is 6.10 Å². The Kier molecular flexibility index (Phi) is 6.12. The van der Waals surface area contributed by atoms with E-state index in [4.69, 9.17) is 10.00 Å². The lowest BCUT2D eigenvalue weighted by atomic mass is 10.2. The average Bonchev–Trinajstić information content (AvgIpc) is 3.05. The number of rotatable bonds is 7. The van der Waals surface area contributed by atoms with Crippen LogP contribution in [0.3, 0.4) is 0 Å². The number of nitrogens with zero attached hydrogens (tertiary/aromatic N) is 4. The van der Waals surface area contributed by atoms with E-state index in [0.717, 1.165) is 22.2 Å². The van der Waals surface area contributed by atoms with Crippen LogP contribution >= 0.6 is 11.8 Å². The third-order valence-corrected chi connectivity index (χ3v) is 4.96. The van der Waals surface area contributed by atoms with Gasteiger partial charge in [0.25, 0.3) is 0 Å². The van der Waals surface area contributed by atoms with Crippen molar-refractivity contribution >= 4 is 11.8 Å². The first kappa shape index (κ1) is 19.0. The molecule has 1 N–H and O–H groups in total. The molecule has 0 bridgehead atoms. The van der Waals surface area contributed by atoms with Gasteiger partial charge in [0.2, 0.25) is 0 Å². The second-order valence-corrected chi connectivity index (χ2v) is 7.10. The number of nitriles is 1. The molecule has 0 saturated heterocycles. The maximum Gasteiger partial charge on any atom is 0.195 e. The largest absolute Gasteiger partial charge is 0.491 e. The SMILES string of the molecule is Cc1cccc(-n2c(C)nnc2SCC(O)COc2ccc(C#N)cc2)c1. The molecule has 3 aromatic rings. The van der Waals surface area contributed by atoms with Crippen molar-refractivity contribution in [3.8, 4) is 17.5 Å². The van der Waals surface area contributed by atoms with Crippen LogP contribution in [0, 0.1) is 25.2 Å². The summed E-state index contributed by atoms with van der Waals surface area (Å²) in [6.45, 7) is 4.11. The predicted octanol–water partition coefficient (Wildman–Crippen LogP) is 3.29. The molecule has 0 aliphatic rings. The molecule has 1 atom stereocenters. The molecule has 0 radical (unpaired) electrons. The molecule has 138 valence electrons. The summed E-state index contributed by atoms with van der Waals surface area (Å²) in [6.07, 6.45) is -0.659. The average molecular weight is 380 g/mol. The summed E-state index contributed by atoms with van der Waals surface area (Å²) in [6, 6.07) is 17.0. The summed E-state index contributed by atoms with van der Waals surface area (Å²) >= 11 is 1.43. The van der Waals surface area contributed by atoms with Gasteiger partial charge in [-0.25, -0.2) is 0 Å². The molecule has 0 fully saturated rings. The quantitative estimate of drug-likeness (QED) is 0.633. The maximum absolute atomic E-state index is 10.2. The fraction of sp³-hybridized carbons (Fsp3) is 0.250. The number of aromatic nitrogens is 3. The Balaban J connectivity index is 1.59. The molecule has 1 unspecified atom stereocenters. The van der Waals surface area contributed by atoms with Gasteiger partial charge in [-0.15, -0.1) is 10.2 Å². The molecular weight excluding hydrogens is 360 g/mol. The summed E-state index contributed by atoms with van der Waals surface area (Å²) in [5, 5.41) is 28.1. The minimum Gasteiger partial charge on any atom is -0.491 e. The molecule has 1 aromatic heterocycles. The Morgan fingerprint density at radius 3 is 2.67 bits per heavy atom. The lowest BCUT2D eigenvalue weighted by Crippen LogP contribution is -2.20. The molecule has 0 amide bonds. The minimum atomic E-state index is -0.659. The van der Waals surface area contributed by atoms with E-state index in [9.17, 15) is 5.11 Å². The smallest absolute Gasteiger partial charge is 0.195 e. The second-order valence-electron chi connectivity index (χ2n) is 6.12. The molecule has 0 spiro atoms. The Bertz CT molecular complexity index is 947. The molecule has 2 aromatic carbocycles. The minimum absolute atomic E-state index is 0.163. The number of benzene rings is 2. The summed E-state index contributed by atoms with van der Waals surface area (Å²) in [5.41, 5.74) is 2.74. The van der Waals surface area contributed by atoms with Crippen molar-refractivity contribution in [1.82, 2.24) is 14.8 Å². The van der Waals surface area contributed by atoms with Gasteiger partial charge in [-0.3, -0.25) is 4.57 Å². The zero-order chi connectivity index (χ0) is 19.2. The van der Waals surface area contributed by atoms with Crippen LogP contribution in [-0.2, 0) is 0 Å². The summed E-state index contributed by atoms with van der Waals surface area (Å²) in [5.74, 6) is 1.85. The van der Waals surface area contributed by atoms with Gasteiger partial charge >= 0.3 is 0 Å². The number of aliphatic hydroxyl groups excluding tert-OH is 1. The first-order valence-corrected chi connectivity index (χ1v) is 9.48. The van der Waals surface area contributed by atoms with Crippen LogP contribution in [-0.4, -0.2) is 38.3 Å². The highest BCUT2D eigenvalue weighted by Gasteiger charge is 2.14. The van der Waals surface area contributed by atoms with E-state index in [1.807, 2.05) is 36.6 Å². The molecule has 1 heterocycles. The Morgan fingerprint density at radius 1 is 1.19 bits per heavy atom. The first-order valence-electron chi connectivity index (χ1n) is 8.49. The predicted molar refractivity (Wildman–Crippen MR) is 104 cm³/mol. The van der Waals surface area contributed by atoms with E-state index in [1.54, 1.807) is 24.3 Å². The van der Waals surface area contributed by atoms with Crippen molar-refractivity contribution in [2.24, 2.45) is 0 Å². The fourth-order valence-corrected chi connectivity index (χ4v) is 3.44. The Hall–Kier alpha value is -2.82. The number of aliphatic hydroxyl groups is 1. The monoisotopic (exact) mass is 380 g/mol. The van der Waals surface area contributed by atoms with E-state index in [2.05, 4.69) is 22.3 Å². The standard InChI is InChI=1S/C20H20N4O2S/c1-14-4-3-5-17(10-14)24-15(2)22-23-20(24)27-13-18(25)12-26-19-8-6-16(11-21)7-9-19/h3-10,18,25H,12-13H2,1-2H3. The zero-order valence-corrected chi connectivity index (χ0v) is 16.0. The Morgan fingerprint density at radius 2 is 1.96 bits per heavy atom. The lowest BCUT2D eigenvalue weighted by molar-refractivity contribution is 0.126. The zero-order valence-electron chi connectivity index (χ0n) is 15.2. The third-order valence-electron chi connectivity index (χ3n) is 3.89. The van der Waals surface area contributed by atoms with Crippen molar-refractivity contribution in [3.63, 3.8) is 0 Å². The van der Waals surface area contributed by atoms with Crippen molar-refractivity contribution in [2.75, 3.05) is 12.4 Å². The van der Waals surface area contributed by atoms with Crippen molar-refractivity contribution < 1.29 is 9.84 Å². The molecule has 27 heavy (non-hydrogen) atoms. The molecule has 0 aliphatic heterocycles. The van der Waals surface area contributed by atoms with Crippen molar-refractivity contribution in [3.05, 3.63) is 65.5 Å². The fourth-order valence-electron chi connectivity index (χ4n) is 2.54. The lowest BCUT2D eigenvalue weighted by Gasteiger charge is -2.13. The van der Waals surface area contributed by atoms with Crippen LogP contribution in [0.15, 0.2) is 53.7 Å². The first-order chi connectivity index (χ1) is 13.1. The van der Waals surface area contributed by atoms with Crippen LogP contribution in [0.2, 0.25) is 0 Å². The molecule has 0 aliphatic carbocycles. The van der Waals surface area contributed by atoms with Gasteiger partial charge in [-0.2, -0.15) is 5.26 Å². The Labute approximate surface area is 162 Å². The maximum atomic E-state index is 10.2. The van der Waals surface area contributed by atoms with Gasteiger partial charge in [-0.05, 0) is 55.8 Å². The number of aryl methyl sites for hydroxylation is 2. The number of ether oxygens (including phenoxy) is 1. The van der Waals surface area contributed by atoms with Gasteiger partial charge in [0.15, 0.2) is 5.16 Å². The van der Waals surface area contributed by atoms with Gasteiger partial charge in [0.05, 0.1) is 17.7 Å². The van der Waals surface area contributed by atoms with E-state index >= 15 is 0 Å². The topological polar surface area (TPSA) is 84.0 Å². The van der Waals surface area contributed by atoms with Crippen LogP contribution in [0.5, 0.6) is 5.75 Å². The van der Waals surface area contributed by atoms with Crippen molar-refractivity contribution in [1.29, 1.82) is 5.26 Å². The van der Waals surface area contributed by atoms with Gasteiger partial charge in [0, 0.05) is 11.4 Å². The van der Waals surface area contributed by atoms with E-state index in [0.29, 0.717) is 17.1 Å². The normalized spacial score (nSPS) is 11.8. The van der Waals surface area contributed by atoms with E-state index in [1.165, 1.54) is 11.8 Å². The van der Waals surface area contributed by atoms with Crippen LogP contribution in [0.1, 0.15) is 17.0 Å². The van der Waals surface area contributed by atoms with Gasteiger partial charge in [0.1, 0.15) is 18.2 Å². The van der Waals surface area contributed by atoms with Gasteiger partial charge in [-0.1, -0.05) is 23.9 Å². The molecule has 3 rings (SSSR count). The number of hydrogen-bond acceptors (Lipinski definition) is 6. The summed E-state index contributed by atoms with van der Waals surface area (Å²) in [4.78, 5) is 0. The van der Waals surface area contributed by atoms with Crippen molar-refractivity contribution in [2.45, 2.75) is 25.1 Å². The highest BCUT2D eigenvalue weighted by atomic mass is 32.2. The van der Waals surface area contributed by atoms with Gasteiger partial charge < -0.3 is 9.84 Å². The number of hydrogen-bond donors (Lipinski definition) is 1. The van der Waals surface area contributed by atoms with E-state index in [-0.39, 0.29) is 6.61 Å². The molecule has 7 heteroatoms. The summed E-state index contributed by atoms with van der Waals surface area (Å²) < 4.78 is 7.55. The molecule has 6 nitrogen and oxygen atoms in total. The van der Waals surface area contributed by atoms with Crippen LogP contribution < -0.4 is 4.74 Å². The number of thioether (sulfide) groups is 1. The molecule has 0 saturated carbocycles. The van der Waals surface area contributed by atoms with Crippen LogP contribution in [0.25, 0.3) is 5.69 Å². The third kappa shape index (κ3) is 4.88. The molecular formula is C20H20N4O2S.